The van der Waals surface area contributed by atoms with E-state index in [1.165, 1.54) is 11.3 Å². The van der Waals surface area contributed by atoms with Crippen molar-refractivity contribution in [3.8, 4) is 0 Å². The summed E-state index contributed by atoms with van der Waals surface area (Å²) in [5.74, 6) is -0.353. The van der Waals surface area contributed by atoms with Crippen LogP contribution in [0.2, 0.25) is 0 Å². The smallest absolute Gasteiger partial charge is 0.326 e. The first kappa shape index (κ1) is 16.8. The normalized spacial score (nSPS) is 12.8. The summed E-state index contributed by atoms with van der Waals surface area (Å²) in [6.07, 6.45) is 3.95. The van der Waals surface area contributed by atoms with Gasteiger partial charge in [0.15, 0.2) is 0 Å². The van der Waals surface area contributed by atoms with Crippen molar-refractivity contribution in [2.45, 2.75) is 31.8 Å². The molecule has 112 valence electrons. The third-order valence-corrected chi connectivity index (χ3v) is 4.35. The number of nitrogens with one attached hydrogen (secondary N) is 2. The molecule has 0 bridgehead atoms. The van der Waals surface area contributed by atoms with Crippen molar-refractivity contribution in [3.63, 3.8) is 0 Å². The summed E-state index contributed by atoms with van der Waals surface area (Å²) in [5.41, 5.74) is -0.638. The SMILES string of the molecule is CSCC[C@@H](NC(=O)NC(C)(C)c1nccs1)C(=O)O. The summed E-state index contributed by atoms with van der Waals surface area (Å²) < 4.78 is 0. The van der Waals surface area contributed by atoms with E-state index in [1.807, 2.05) is 25.5 Å². The Labute approximate surface area is 126 Å². The Bertz CT molecular complexity index is 449. The van der Waals surface area contributed by atoms with Gasteiger partial charge in [-0.3, -0.25) is 0 Å². The van der Waals surface area contributed by atoms with Gasteiger partial charge < -0.3 is 15.7 Å². The topological polar surface area (TPSA) is 91.3 Å². The fourth-order valence-electron chi connectivity index (χ4n) is 1.56. The predicted octanol–water partition coefficient (Wildman–Crippen LogP) is 1.88. The Morgan fingerprint density at radius 1 is 1.55 bits per heavy atom. The molecule has 0 fully saturated rings. The molecule has 0 radical (unpaired) electrons. The van der Waals surface area contributed by atoms with E-state index >= 15 is 0 Å². The zero-order chi connectivity index (χ0) is 15.2. The van der Waals surface area contributed by atoms with E-state index in [1.54, 1.807) is 18.0 Å². The highest BCUT2D eigenvalue weighted by atomic mass is 32.2. The summed E-state index contributed by atoms with van der Waals surface area (Å²) in [6.45, 7) is 3.65. The van der Waals surface area contributed by atoms with Gasteiger partial charge in [-0.1, -0.05) is 0 Å². The first-order valence-corrected chi connectivity index (χ1v) is 8.34. The first-order chi connectivity index (χ1) is 9.36. The number of nitrogens with zero attached hydrogens (tertiary/aromatic N) is 1. The molecular weight excluding hydrogens is 298 g/mol. The summed E-state index contributed by atoms with van der Waals surface area (Å²) in [5, 5.41) is 16.9. The maximum Gasteiger partial charge on any atom is 0.326 e. The molecule has 6 nitrogen and oxygen atoms in total. The molecule has 20 heavy (non-hydrogen) atoms. The first-order valence-electron chi connectivity index (χ1n) is 6.07. The number of carbonyl (C=O) groups is 2. The van der Waals surface area contributed by atoms with Crippen molar-refractivity contribution in [3.05, 3.63) is 16.6 Å². The van der Waals surface area contributed by atoms with Crippen LogP contribution in [0.1, 0.15) is 25.3 Å². The lowest BCUT2D eigenvalue weighted by atomic mass is 10.1. The van der Waals surface area contributed by atoms with Gasteiger partial charge in [0.1, 0.15) is 11.0 Å². The minimum atomic E-state index is -1.03. The van der Waals surface area contributed by atoms with E-state index in [0.717, 1.165) is 5.01 Å². The third-order valence-electron chi connectivity index (χ3n) is 2.61. The molecule has 3 N–H and O–H groups in total. The maximum atomic E-state index is 11.9. The fraction of sp³-hybridized carbons (Fsp3) is 0.583. The Hall–Kier alpha value is -1.28. The Balaban J connectivity index is 2.59. The molecule has 0 aliphatic rings. The predicted molar refractivity (Wildman–Crippen MR) is 81.2 cm³/mol. The zero-order valence-electron chi connectivity index (χ0n) is 11.7. The molecule has 8 heteroatoms. The van der Waals surface area contributed by atoms with E-state index < -0.39 is 23.6 Å². The molecule has 2 amide bonds. The molecule has 1 aromatic rings. The van der Waals surface area contributed by atoms with Crippen molar-refractivity contribution in [1.29, 1.82) is 0 Å². The quantitative estimate of drug-likeness (QED) is 0.714. The Kier molecular flexibility index (Phi) is 6.28. The van der Waals surface area contributed by atoms with Gasteiger partial charge in [-0.05, 0) is 32.3 Å². The second-order valence-electron chi connectivity index (χ2n) is 4.73. The molecule has 1 rings (SSSR count). The van der Waals surface area contributed by atoms with Crippen LogP contribution in [0.3, 0.4) is 0 Å². The Morgan fingerprint density at radius 2 is 2.25 bits per heavy atom. The maximum absolute atomic E-state index is 11.9. The molecule has 0 saturated carbocycles. The van der Waals surface area contributed by atoms with Crippen LogP contribution >= 0.6 is 23.1 Å². The number of rotatable bonds is 7. The highest BCUT2D eigenvalue weighted by Crippen LogP contribution is 2.21. The van der Waals surface area contributed by atoms with Crippen LogP contribution in [-0.4, -0.2) is 40.1 Å². The number of carboxylic acids is 1. The second-order valence-corrected chi connectivity index (χ2v) is 6.61. The number of hydrogen-bond donors (Lipinski definition) is 3. The molecule has 1 aromatic heterocycles. The van der Waals surface area contributed by atoms with Crippen LogP contribution in [0.15, 0.2) is 11.6 Å². The minimum absolute atomic E-state index is 0.390. The highest BCUT2D eigenvalue weighted by Gasteiger charge is 2.27. The average molecular weight is 317 g/mol. The molecule has 0 aliphatic carbocycles. The van der Waals surface area contributed by atoms with Crippen molar-refractivity contribution in [1.82, 2.24) is 15.6 Å². The fourth-order valence-corrected chi connectivity index (χ4v) is 2.75. The van der Waals surface area contributed by atoms with Crippen LogP contribution < -0.4 is 10.6 Å². The number of thioether (sulfide) groups is 1. The van der Waals surface area contributed by atoms with Crippen LogP contribution in [-0.2, 0) is 10.3 Å². The van der Waals surface area contributed by atoms with E-state index in [2.05, 4.69) is 15.6 Å². The Morgan fingerprint density at radius 3 is 2.75 bits per heavy atom. The summed E-state index contributed by atoms with van der Waals surface area (Å²) in [6, 6.07) is -1.38. The van der Waals surface area contributed by atoms with E-state index in [4.69, 9.17) is 5.11 Å². The van der Waals surface area contributed by atoms with Crippen LogP contribution in [0.25, 0.3) is 0 Å². The van der Waals surface area contributed by atoms with Crippen molar-refractivity contribution in [2.24, 2.45) is 0 Å². The van der Waals surface area contributed by atoms with Gasteiger partial charge >= 0.3 is 12.0 Å². The van der Waals surface area contributed by atoms with Gasteiger partial charge in [0.2, 0.25) is 0 Å². The van der Waals surface area contributed by atoms with Gasteiger partial charge in [-0.2, -0.15) is 11.8 Å². The zero-order valence-corrected chi connectivity index (χ0v) is 13.3. The number of thiazole rings is 1. The molecule has 1 atom stereocenters. The van der Waals surface area contributed by atoms with E-state index in [0.29, 0.717) is 12.2 Å². The number of aromatic nitrogens is 1. The van der Waals surface area contributed by atoms with Gasteiger partial charge in [0.25, 0.3) is 0 Å². The second kappa shape index (κ2) is 7.49. The largest absolute Gasteiger partial charge is 0.480 e. The van der Waals surface area contributed by atoms with Gasteiger partial charge in [0, 0.05) is 11.6 Å². The number of carbonyl (C=O) groups excluding carboxylic acids is 1. The molecule has 0 unspecified atom stereocenters. The third kappa shape index (κ3) is 5.01. The molecular formula is C12H19N3O3S2. The molecule has 0 saturated heterocycles. The number of hydrogen-bond acceptors (Lipinski definition) is 5. The minimum Gasteiger partial charge on any atom is -0.480 e. The van der Waals surface area contributed by atoms with Crippen molar-refractivity contribution >= 4 is 35.1 Å². The number of amides is 2. The highest BCUT2D eigenvalue weighted by molar-refractivity contribution is 7.98. The van der Waals surface area contributed by atoms with Crippen molar-refractivity contribution in [2.75, 3.05) is 12.0 Å². The molecule has 1 heterocycles. The molecule has 0 aliphatic heterocycles. The lowest BCUT2D eigenvalue weighted by molar-refractivity contribution is -0.139. The molecule has 0 spiro atoms. The van der Waals surface area contributed by atoms with Gasteiger partial charge in [-0.15, -0.1) is 11.3 Å². The van der Waals surface area contributed by atoms with Crippen molar-refractivity contribution < 1.29 is 14.7 Å². The monoisotopic (exact) mass is 317 g/mol. The van der Waals surface area contributed by atoms with E-state index in [9.17, 15) is 9.59 Å². The summed E-state index contributed by atoms with van der Waals surface area (Å²) >= 11 is 2.98. The summed E-state index contributed by atoms with van der Waals surface area (Å²) in [4.78, 5) is 27.2. The number of urea groups is 1. The van der Waals surface area contributed by atoms with Gasteiger partial charge in [-0.25, -0.2) is 14.6 Å². The standard InChI is InChI=1S/C12H19N3O3S2/c1-12(2,10-13-5-7-20-10)15-11(18)14-8(9(16)17)4-6-19-3/h5,7-8H,4,6H2,1-3H3,(H,16,17)(H2,14,15,18)/t8-/m1/s1. The number of carboxylic acid groups (broad SMARTS) is 1. The molecule has 0 aromatic carbocycles. The lowest BCUT2D eigenvalue weighted by Gasteiger charge is -2.25. The van der Waals surface area contributed by atoms with Crippen LogP contribution in [0, 0.1) is 0 Å². The average Bonchev–Trinajstić information content (AvgIpc) is 2.87. The lowest BCUT2D eigenvalue weighted by Crippen LogP contribution is -2.51. The van der Waals surface area contributed by atoms with Gasteiger partial charge in [0.05, 0.1) is 5.54 Å². The van der Waals surface area contributed by atoms with Crippen LogP contribution in [0.4, 0.5) is 4.79 Å². The van der Waals surface area contributed by atoms with Crippen LogP contribution in [0.5, 0.6) is 0 Å². The van der Waals surface area contributed by atoms with E-state index in [-0.39, 0.29) is 0 Å². The summed E-state index contributed by atoms with van der Waals surface area (Å²) in [7, 11) is 0. The number of aliphatic carboxylic acids is 1.